The summed E-state index contributed by atoms with van der Waals surface area (Å²) in [5, 5.41) is 19.2. The number of halogens is 1. The van der Waals surface area contributed by atoms with Crippen LogP contribution in [0.3, 0.4) is 0 Å². The topological polar surface area (TPSA) is 116 Å². The van der Waals surface area contributed by atoms with Crippen LogP contribution >= 0.6 is 15.9 Å². The minimum atomic E-state index is -0.645. The molecular formula is C18H16BrN5O2. The molecule has 2 aromatic carbocycles. The molecule has 0 aliphatic rings. The van der Waals surface area contributed by atoms with E-state index in [2.05, 4.69) is 36.4 Å². The van der Waals surface area contributed by atoms with Gasteiger partial charge in [0, 0.05) is 16.4 Å². The largest absolute Gasteiger partial charge is 0.508 e. The van der Waals surface area contributed by atoms with Crippen LogP contribution < -0.4 is 11.1 Å². The molecule has 1 heterocycles. The van der Waals surface area contributed by atoms with Crippen molar-refractivity contribution in [3.05, 3.63) is 63.6 Å². The number of rotatable bonds is 5. The third-order valence-electron chi connectivity index (χ3n) is 3.65. The van der Waals surface area contributed by atoms with Crippen LogP contribution in [0, 0.1) is 6.92 Å². The van der Waals surface area contributed by atoms with Gasteiger partial charge in [-0.15, -0.1) is 0 Å². The SMILES string of the molecule is Cc1cc(Nc2[nH]nc(N=Cc3ccc(O)cc3)c2C(N)=O)ccc1Br. The fourth-order valence-corrected chi connectivity index (χ4v) is 2.56. The molecule has 0 radical (unpaired) electrons. The first kappa shape index (κ1) is 17.7. The van der Waals surface area contributed by atoms with E-state index in [-0.39, 0.29) is 17.1 Å². The second-order valence-corrected chi connectivity index (χ2v) is 6.45. The van der Waals surface area contributed by atoms with E-state index in [1.54, 1.807) is 24.3 Å². The number of hydrogen-bond acceptors (Lipinski definition) is 5. The lowest BCUT2D eigenvalue weighted by Crippen LogP contribution is -2.12. The fourth-order valence-electron chi connectivity index (χ4n) is 2.31. The number of aromatic amines is 1. The van der Waals surface area contributed by atoms with Gasteiger partial charge in [0.2, 0.25) is 0 Å². The van der Waals surface area contributed by atoms with Crippen LogP contribution in [0.25, 0.3) is 0 Å². The highest BCUT2D eigenvalue weighted by atomic mass is 79.9. The molecule has 0 unspecified atom stereocenters. The number of aliphatic imine (C=N–C) groups is 1. The number of aromatic nitrogens is 2. The molecule has 0 fully saturated rings. The lowest BCUT2D eigenvalue weighted by Gasteiger charge is -2.07. The number of benzene rings is 2. The number of H-pyrrole nitrogens is 1. The standard InChI is InChI=1S/C18H16BrN5O2/c1-10-8-12(4-7-14(10)19)22-18-15(16(20)26)17(23-24-18)21-9-11-2-5-13(25)6-3-11/h2-9,25H,1H3,(H2,20,26)(H2,22,23,24). The third kappa shape index (κ3) is 3.92. The summed E-state index contributed by atoms with van der Waals surface area (Å²) in [6, 6.07) is 12.2. The van der Waals surface area contributed by atoms with Gasteiger partial charge in [0.25, 0.3) is 5.91 Å². The highest BCUT2D eigenvalue weighted by Gasteiger charge is 2.18. The smallest absolute Gasteiger partial charge is 0.256 e. The molecule has 7 nitrogen and oxygen atoms in total. The molecule has 8 heteroatoms. The molecule has 0 spiro atoms. The predicted molar refractivity (Wildman–Crippen MR) is 105 cm³/mol. The molecule has 1 aromatic heterocycles. The number of phenolic OH excluding ortho intramolecular Hbond substituents is 1. The highest BCUT2D eigenvalue weighted by Crippen LogP contribution is 2.28. The number of aryl methyl sites for hydroxylation is 1. The van der Waals surface area contributed by atoms with Gasteiger partial charge in [0.05, 0.1) is 0 Å². The van der Waals surface area contributed by atoms with Gasteiger partial charge in [-0.3, -0.25) is 9.89 Å². The van der Waals surface area contributed by atoms with Crippen molar-refractivity contribution in [2.24, 2.45) is 10.7 Å². The summed E-state index contributed by atoms with van der Waals surface area (Å²) >= 11 is 3.45. The van der Waals surface area contributed by atoms with Crippen LogP contribution in [0.5, 0.6) is 5.75 Å². The van der Waals surface area contributed by atoms with Crippen molar-refractivity contribution in [3.63, 3.8) is 0 Å². The number of carbonyl (C=O) groups is 1. The average molecular weight is 414 g/mol. The van der Waals surface area contributed by atoms with E-state index >= 15 is 0 Å². The van der Waals surface area contributed by atoms with E-state index in [9.17, 15) is 9.90 Å². The summed E-state index contributed by atoms with van der Waals surface area (Å²) in [7, 11) is 0. The zero-order valence-electron chi connectivity index (χ0n) is 13.8. The minimum Gasteiger partial charge on any atom is -0.508 e. The quantitative estimate of drug-likeness (QED) is 0.476. The molecule has 0 bridgehead atoms. The Bertz CT molecular complexity index is 980. The number of phenols is 1. The molecule has 1 amide bonds. The second kappa shape index (κ2) is 7.40. The Balaban J connectivity index is 1.89. The van der Waals surface area contributed by atoms with Gasteiger partial charge in [-0.05, 0) is 60.5 Å². The van der Waals surface area contributed by atoms with Crippen molar-refractivity contribution in [2.75, 3.05) is 5.32 Å². The first-order valence-electron chi connectivity index (χ1n) is 7.68. The molecule has 0 saturated heterocycles. The zero-order chi connectivity index (χ0) is 18.7. The highest BCUT2D eigenvalue weighted by molar-refractivity contribution is 9.10. The summed E-state index contributed by atoms with van der Waals surface area (Å²) in [6.45, 7) is 1.96. The third-order valence-corrected chi connectivity index (χ3v) is 4.54. The summed E-state index contributed by atoms with van der Waals surface area (Å²) in [6.07, 6.45) is 1.54. The minimum absolute atomic E-state index is 0.163. The van der Waals surface area contributed by atoms with E-state index in [4.69, 9.17) is 5.73 Å². The Morgan fingerprint density at radius 2 is 2.04 bits per heavy atom. The van der Waals surface area contributed by atoms with Gasteiger partial charge in [-0.25, -0.2) is 4.99 Å². The van der Waals surface area contributed by atoms with Crippen molar-refractivity contribution < 1.29 is 9.90 Å². The first-order chi connectivity index (χ1) is 12.4. The van der Waals surface area contributed by atoms with Gasteiger partial charge in [0.15, 0.2) is 5.82 Å². The number of carbonyl (C=O) groups excluding carboxylic acids is 1. The Morgan fingerprint density at radius 3 is 2.69 bits per heavy atom. The van der Waals surface area contributed by atoms with Crippen LogP contribution in [-0.4, -0.2) is 27.4 Å². The summed E-state index contributed by atoms with van der Waals surface area (Å²) < 4.78 is 0.988. The first-order valence-corrected chi connectivity index (χ1v) is 8.48. The Kier molecular flexibility index (Phi) is 5.04. The van der Waals surface area contributed by atoms with Crippen molar-refractivity contribution >= 4 is 45.4 Å². The number of primary amides is 1. The van der Waals surface area contributed by atoms with Crippen molar-refractivity contribution in [3.8, 4) is 5.75 Å². The lowest BCUT2D eigenvalue weighted by atomic mass is 10.2. The van der Waals surface area contributed by atoms with E-state index in [0.29, 0.717) is 5.82 Å². The fraction of sp³-hybridized carbons (Fsp3) is 0.0556. The summed E-state index contributed by atoms with van der Waals surface area (Å²) in [4.78, 5) is 16.1. The molecule has 5 N–H and O–H groups in total. The molecule has 0 aliphatic heterocycles. The molecular weight excluding hydrogens is 398 g/mol. The normalized spacial score (nSPS) is 11.0. The molecule has 132 valence electrons. The van der Waals surface area contributed by atoms with Crippen LogP contribution in [0.15, 0.2) is 51.9 Å². The molecule has 3 aromatic rings. The number of aromatic hydroxyl groups is 1. The predicted octanol–water partition coefficient (Wildman–Crippen LogP) is 3.78. The summed E-state index contributed by atoms with van der Waals surface area (Å²) in [5.74, 6) is 0.0722. The van der Waals surface area contributed by atoms with Gasteiger partial charge in [-0.1, -0.05) is 15.9 Å². The van der Waals surface area contributed by atoms with Gasteiger partial charge >= 0.3 is 0 Å². The Labute approximate surface area is 158 Å². The van der Waals surface area contributed by atoms with Crippen molar-refractivity contribution in [1.82, 2.24) is 10.2 Å². The monoisotopic (exact) mass is 413 g/mol. The van der Waals surface area contributed by atoms with E-state index in [1.165, 1.54) is 6.21 Å². The number of amides is 1. The van der Waals surface area contributed by atoms with Crippen LogP contribution in [0.4, 0.5) is 17.3 Å². The second-order valence-electron chi connectivity index (χ2n) is 5.60. The van der Waals surface area contributed by atoms with Gasteiger partial charge < -0.3 is 16.2 Å². The molecule has 3 rings (SSSR count). The number of nitrogens with zero attached hydrogens (tertiary/aromatic N) is 2. The maximum atomic E-state index is 11.9. The number of nitrogens with two attached hydrogens (primary N) is 1. The Hall–Kier alpha value is -3.13. The van der Waals surface area contributed by atoms with Crippen molar-refractivity contribution in [2.45, 2.75) is 6.92 Å². The van der Waals surface area contributed by atoms with Gasteiger partial charge in [0.1, 0.15) is 17.1 Å². The zero-order valence-corrected chi connectivity index (χ0v) is 15.4. The van der Waals surface area contributed by atoms with Crippen molar-refractivity contribution in [1.29, 1.82) is 0 Å². The molecule has 0 aliphatic carbocycles. The molecule has 0 saturated carbocycles. The van der Waals surface area contributed by atoms with E-state index in [1.807, 2.05) is 25.1 Å². The van der Waals surface area contributed by atoms with E-state index in [0.717, 1.165) is 21.3 Å². The molecule has 26 heavy (non-hydrogen) atoms. The van der Waals surface area contributed by atoms with Crippen LogP contribution in [0.1, 0.15) is 21.5 Å². The number of nitrogens with one attached hydrogen (secondary N) is 2. The van der Waals surface area contributed by atoms with Crippen LogP contribution in [0.2, 0.25) is 0 Å². The average Bonchev–Trinajstić information content (AvgIpc) is 3.00. The molecule has 0 atom stereocenters. The van der Waals surface area contributed by atoms with E-state index < -0.39 is 5.91 Å². The van der Waals surface area contributed by atoms with Gasteiger partial charge in [-0.2, -0.15) is 5.10 Å². The van der Waals surface area contributed by atoms with Crippen LogP contribution in [-0.2, 0) is 0 Å². The number of hydrogen-bond donors (Lipinski definition) is 4. The Morgan fingerprint density at radius 1 is 1.31 bits per heavy atom. The lowest BCUT2D eigenvalue weighted by molar-refractivity contribution is 0.100. The maximum Gasteiger partial charge on any atom is 0.256 e. The maximum absolute atomic E-state index is 11.9. The summed E-state index contributed by atoms with van der Waals surface area (Å²) in [5.41, 5.74) is 8.25. The number of anilines is 2.